The predicted octanol–water partition coefficient (Wildman–Crippen LogP) is 3.54. The fourth-order valence-electron chi connectivity index (χ4n) is 3.37. The van der Waals surface area contributed by atoms with Crippen molar-refractivity contribution in [1.29, 1.82) is 0 Å². The van der Waals surface area contributed by atoms with E-state index in [1.54, 1.807) is 0 Å². The Morgan fingerprint density at radius 3 is 2.24 bits per heavy atom. The van der Waals surface area contributed by atoms with E-state index in [1.807, 2.05) is 73.5 Å². The van der Waals surface area contributed by atoms with Crippen molar-refractivity contribution in [3.05, 3.63) is 83.7 Å². The van der Waals surface area contributed by atoms with Crippen LogP contribution in [0.25, 0.3) is 0 Å². The zero-order valence-electron chi connectivity index (χ0n) is 16.3. The highest BCUT2D eigenvalue weighted by molar-refractivity contribution is 6.39. The highest BCUT2D eigenvalue weighted by atomic mass is 16.2. The number of carbonyl (C=O) groups excluding carboxylic acids is 1. The number of nitrogens with one attached hydrogen (secondary N) is 2. The summed E-state index contributed by atoms with van der Waals surface area (Å²) in [5.41, 5.74) is 9.60. The molecule has 7 nitrogen and oxygen atoms in total. The first-order valence-corrected chi connectivity index (χ1v) is 9.45. The Morgan fingerprint density at radius 2 is 1.59 bits per heavy atom. The standard InChI is InChI=1S/C22H22N6O/c1-15-13-16(2)24-22(23-15)26-25-21(29)19-14-20(17-9-5-3-6-10-17)28(27-19)18-11-7-4-8-12-18/h3-13,20H,14H2,1-2H3,(H,25,29)(H,23,24,26). The lowest BCUT2D eigenvalue weighted by molar-refractivity contribution is -0.114. The van der Waals surface area contributed by atoms with Gasteiger partial charge in [0.15, 0.2) is 0 Å². The highest BCUT2D eigenvalue weighted by Gasteiger charge is 2.32. The van der Waals surface area contributed by atoms with E-state index in [0.717, 1.165) is 22.6 Å². The van der Waals surface area contributed by atoms with Gasteiger partial charge in [-0.15, -0.1) is 0 Å². The van der Waals surface area contributed by atoms with Crippen LogP contribution in [0.2, 0.25) is 0 Å². The molecular weight excluding hydrogens is 364 g/mol. The van der Waals surface area contributed by atoms with E-state index >= 15 is 0 Å². The van der Waals surface area contributed by atoms with Crippen LogP contribution in [0, 0.1) is 13.8 Å². The second kappa shape index (κ2) is 8.10. The maximum Gasteiger partial charge on any atom is 0.285 e. The molecular formula is C22H22N6O. The molecule has 0 aliphatic carbocycles. The van der Waals surface area contributed by atoms with Gasteiger partial charge < -0.3 is 0 Å². The highest BCUT2D eigenvalue weighted by Crippen LogP contribution is 2.34. The van der Waals surface area contributed by atoms with E-state index in [9.17, 15) is 4.79 Å². The van der Waals surface area contributed by atoms with Gasteiger partial charge in [-0.1, -0.05) is 48.5 Å². The van der Waals surface area contributed by atoms with Crippen LogP contribution in [0.4, 0.5) is 11.6 Å². The number of hydrogen-bond acceptors (Lipinski definition) is 6. The molecule has 1 aromatic heterocycles. The Labute approximate surface area is 169 Å². The van der Waals surface area contributed by atoms with Crippen LogP contribution in [0.5, 0.6) is 0 Å². The summed E-state index contributed by atoms with van der Waals surface area (Å²) in [6, 6.07) is 21.8. The van der Waals surface area contributed by atoms with Gasteiger partial charge in [0.05, 0.1) is 11.7 Å². The third-order valence-electron chi connectivity index (χ3n) is 4.65. The average molecular weight is 386 g/mol. The van der Waals surface area contributed by atoms with Crippen molar-refractivity contribution in [2.75, 3.05) is 10.4 Å². The molecule has 0 saturated heterocycles. The summed E-state index contributed by atoms with van der Waals surface area (Å²) in [5, 5.41) is 6.52. The molecule has 146 valence electrons. The Kier molecular flexibility index (Phi) is 5.20. The van der Waals surface area contributed by atoms with Gasteiger partial charge in [-0.3, -0.25) is 20.7 Å². The minimum Gasteiger partial charge on any atom is -0.266 e. The molecule has 0 spiro atoms. The predicted molar refractivity (Wildman–Crippen MR) is 113 cm³/mol. The summed E-state index contributed by atoms with van der Waals surface area (Å²) in [4.78, 5) is 21.3. The first-order chi connectivity index (χ1) is 14.1. The van der Waals surface area contributed by atoms with Gasteiger partial charge in [-0.2, -0.15) is 5.10 Å². The maximum absolute atomic E-state index is 12.8. The van der Waals surface area contributed by atoms with Crippen LogP contribution in [0.1, 0.15) is 29.4 Å². The summed E-state index contributed by atoms with van der Waals surface area (Å²) < 4.78 is 0. The molecule has 1 amide bonds. The number of carbonyl (C=O) groups is 1. The number of amides is 1. The van der Waals surface area contributed by atoms with Crippen LogP contribution in [0.3, 0.4) is 0 Å². The van der Waals surface area contributed by atoms with Crippen molar-refractivity contribution in [3.63, 3.8) is 0 Å². The van der Waals surface area contributed by atoms with E-state index < -0.39 is 0 Å². The number of benzene rings is 2. The summed E-state index contributed by atoms with van der Waals surface area (Å²) in [7, 11) is 0. The van der Waals surface area contributed by atoms with E-state index in [4.69, 9.17) is 0 Å². The van der Waals surface area contributed by atoms with Gasteiger partial charge in [0.1, 0.15) is 5.71 Å². The number of hydrazone groups is 1. The molecule has 0 bridgehead atoms. The molecule has 29 heavy (non-hydrogen) atoms. The topological polar surface area (TPSA) is 82.5 Å². The second-order valence-electron chi connectivity index (χ2n) is 6.91. The molecule has 7 heteroatoms. The molecule has 1 unspecified atom stereocenters. The quantitative estimate of drug-likeness (QED) is 0.656. The SMILES string of the molecule is Cc1cc(C)nc(NNC(=O)C2=NN(c3ccccc3)C(c3ccccc3)C2)n1. The monoisotopic (exact) mass is 386 g/mol. The van der Waals surface area contributed by atoms with E-state index in [2.05, 4.69) is 38.1 Å². The van der Waals surface area contributed by atoms with Crippen LogP contribution >= 0.6 is 0 Å². The summed E-state index contributed by atoms with van der Waals surface area (Å²) in [6.07, 6.45) is 0.500. The van der Waals surface area contributed by atoms with E-state index in [-0.39, 0.29) is 11.9 Å². The normalized spacial score (nSPS) is 15.7. The Balaban J connectivity index is 1.54. The molecule has 2 heterocycles. The smallest absolute Gasteiger partial charge is 0.266 e. The number of rotatable bonds is 5. The minimum atomic E-state index is -0.299. The van der Waals surface area contributed by atoms with Crippen molar-refractivity contribution in [2.24, 2.45) is 5.10 Å². The lowest BCUT2D eigenvalue weighted by Gasteiger charge is -2.23. The van der Waals surface area contributed by atoms with Crippen LogP contribution in [0.15, 0.2) is 71.8 Å². The minimum absolute atomic E-state index is 0.0446. The molecule has 0 saturated carbocycles. The molecule has 1 aliphatic heterocycles. The zero-order chi connectivity index (χ0) is 20.2. The molecule has 2 N–H and O–H groups in total. The lowest BCUT2D eigenvalue weighted by atomic mass is 10.0. The maximum atomic E-state index is 12.8. The molecule has 3 aromatic rings. The van der Waals surface area contributed by atoms with Gasteiger partial charge in [0.25, 0.3) is 5.91 Å². The number of hydrogen-bond donors (Lipinski definition) is 2. The van der Waals surface area contributed by atoms with Gasteiger partial charge in [0.2, 0.25) is 5.95 Å². The molecule has 2 aromatic carbocycles. The van der Waals surface area contributed by atoms with Gasteiger partial charge in [0, 0.05) is 17.8 Å². The third kappa shape index (κ3) is 4.24. The van der Waals surface area contributed by atoms with Crippen molar-refractivity contribution < 1.29 is 4.79 Å². The fourth-order valence-corrected chi connectivity index (χ4v) is 3.37. The second-order valence-corrected chi connectivity index (χ2v) is 6.91. The van der Waals surface area contributed by atoms with Gasteiger partial charge in [-0.05, 0) is 37.6 Å². The molecule has 4 rings (SSSR count). The molecule has 1 atom stereocenters. The fraction of sp³-hybridized carbons (Fsp3) is 0.182. The first-order valence-electron chi connectivity index (χ1n) is 9.45. The summed E-state index contributed by atoms with van der Waals surface area (Å²) in [5.74, 6) is 0.0566. The van der Waals surface area contributed by atoms with E-state index in [0.29, 0.717) is 18.1 Å². The molecule has 0 fully saturated rings. The van der Waals surface area contributed by atoms with Crippen molar-refractivity contribution in [1.82, 2.24) is 15.4 Å². The number of anilines is 2. The van der Waals surface area contributed by atoms with Crippen molar-refractivity contribution in [2.45, 2.75) is 26.3 Å². The molecule has 1 aliphatic rings. The number of para-hydroxylation sites is 1. The number of hydrazine groups is 1. The molecule has 0 radical (unpaired) electrons. The third-order valence-corrected chi connectivity index (χ3v) is 4.65. The summed E-state index contributed by atoms with van der Waals surface area (Å²) >= 11 is 0. The average Bonchev–Trinajstić information content (AvgIpc) is 3.18. The number of aryl methyl sites for hydroxylation is 2. The Morgan fingerprint density at radius 1 is 0.966 bits per heavy atom. The lowest BCUT2D eigenvalue weighted by Crippen LogP contribution is -2.35. The largest absolute Gasteiger partial charge is 0.285 e. The number of aromatic nitrogens is 2. The van der Waals surface area contributed by atoms with Crippen molar-refractivity contribution >= 4 is 23.3 Å². The van der Waals surface area contributed by atoms with Gasteiger partial charge >= 0.3 is 0 Å². The van der Waals surface area contributed by atoms with Crippen LogP contribution in [-0.4, -0.2) is 21.6 Å². The summed E-state index contributed by atoms with van der Waals surface area (Å²) in [6.45, 7) is 3.76. The van der Waals surface area contributed by atoms with E-state index in [1.165, 1.54) is 0 Å². The van der Waals surface area contributed by atoms with Crippen LogP contribution < -0.4 is 15.9 Å². The Bertz CT molecular complexity index is 1020. The Hall–Kier alpha value is -3.74. The van der Waals surface area contributed by atoms with Gasteiger partial charge in [-0.25, -0.2) is 9.97 Å². The first kappa shape index (κ1) is 18.6. The van der Waals surface area contributed by atoms with Crippen LogP contribution in [-0.2, 0) is 4.79 Å². The number of nitrogens with zero attached hydrogens (tertiary/aromatic N) is 4. The van der Waals surface area contributed by atoms with Crippen molar-refractivity contribution in [3.8, 4) is 0 Å². The zero-order valence-corrected chi connectivity index (χ0v) is 16.3.